The van der Waals surface area contributed by atoms with E-state index in [0.29, 0.717) is 6.42 Å². The first-order valence-corrected chi connectivity index (χ1v) is 6.01. The second-order valence-electron chi connectivity index (χ2n) is 4.63. The highest BCUT2D eigenvalue weighted by atomic mass is 19.1. The molecule has 19 heavy (non-hydrogen) atoms. The van der Waals surface area contributed by atoms with Crippen LogP contribution in [0.3, 0.4) is 0 Å². The van der Waals surface area contributed by atoms with Gasteiger partial charge in [0.1, 0.15) is 18.0 Å². The quantitative estimate of drug-likeness (QED) is 0.819. The van der Waals surface area contributed by atoms with Gasteiger partial charge in [0.05, 0.1) is 6.61 Å². The van der Waals surface area contributed by atoms with Crippen LogP contribution in [0.1, 0.15) is 11.4 Å². The molecule has 0 aliphatic heterocycles. The molecule has 0 fully saturated rings. The Bertz CT molecular complexity index is 534. The molecule has 0 saturated carbocycles. The third kappa shape index (κ3) is 2.64. The topological polar surface area (TPSA) is 77.0 Å². The van der Waals surface area contributed by atoms with Gasteiger partial charge in [0.2, 0.25) is 0 Å². The van der Waals surface area contributed by atoms with Crippen molar-refractivity contribution in [3.8, 4) is 0 Å². The van der Waals surface area contributed by atoms with Gasteiger partial charge in [0.25, 0.3) is 0 Å². The van der Waals surface area contributed by atoms with E-state index in [2.05, 4.69) is 10.1 Å². The SMILES string of the molecule is Cn1ncnc1CC(CN)(CO)c1ccc(F)cc1. The molecule has 0 spiro atoms. The van der Waals surface area contributed by atoms with Crippen LogP contribution in [0.15, 0.2) is 30.6 Å². The Morgan fingerprint density at radius 3 is 2.53 bits per heavy atom. The van der Waals surface area contributed by atoms with Crippen LogP contribution in [0.4, 0.5) is 4.39 Å². The number of nitrogens with zero attached hydrogens (tertiary/aromatic N) is 3. The number of hydrogen-bond donors (Lipinski definition) is 2. The van der Waals surface area contributed by atoms with Crippen LogP contribution < -0.4 is 5.73 Å². The van der Waals surface area contributed by atoms with Gasteiger partial charge in [-0.1, -0.05) is 12.1 Å². The molecule has 0 saturated heterocycles. The fourth-order valence-electron chi connectivity index (χ4n) is 2.09. The van der Waals surface area contributed by atoms with Crippen molar-refractivity contribution in [3.63, 3.8) is 0 Å². The van der Waals surface area contributed by atoms with Crippen molar-refractivity contribution in [2.24, 2.45) is 12.8 Å². The average molecular weight is 264 g/mol. The van der Waals surface area contributed by atoms with Crippen LogP contribution in [-0.2, 0) is 18.9 Å². The Morgan fingerprint density at radius 2 is 2.05 bits per heavy atom. The minimum absolute atomic E-state index is 0.137. The molecule has 1 unspecified atom stereocenters. The fourth-order valence-corrected chi connectivity index (χ4v) is 2.09. The van der Waals surface area contributed by atoms with E-state index in [-0.39, 0.29) is 19.0 Å². The maximum Gasteiger partial charge on any atom is 0.138 e. The molecule has 1 aromatic heterocycles. The molecule has 0 amide bonds. The third-order valence-electron chi connectivity index (χ3n) is 3.45. The zero-order valence-electron chi connectivity index (χ0n) is 10.8. The molecule has 3 N–H and O–H groups in total. The summed E-state index contributed by atoms with van der Waals surface area (Å²) in [7, 11) is 1.78. The van der Waals surface area contributed by atoms with E-state index in [9.17, 15) is 9.50 Å². The van der Waals surface area contributed by atoms with Gasteiger partial charge in [-0.25, -0.2) is 9.37 Å². The summed E-state index contributed by atoms with van der Waals surface area (Å²) < 4.78 is 14.6. The van der Waals surface area contributed by atoms with E-state index in [0.717, 1.165) is 11.4 Å². The van der Waals surface area contributed by atoms with Crippen molar-refractivity contribution in [1.29, 1.82) is 0 Å². The molecular formula is C13H17FN4O. The second-order valence-corrected chi connectivity index (χ2v) is 4.63. The van der Waals surface area contributed by atoms with Crippen LogP contribution in [0.25, 0.3) is 0 Å². The minimum Gasteiger partial charge on any atom is -0.395 e. The van der Waals surface area contributed by atoms with Crippen LogP contribution in [0.2, 0.25) is 0 Å². The van der Waals surface area contributed by atoms with E-state index in [1.165, 1.54) is 18.5 Å². The Hall–Kier alpha value is -1.79. The normalized spacial score (nSPS) is 14.3. The molecule has 1 aromatic carbocycles. The predicted octanol–water partition coefficient (Wildman–Crippen LogP) is 0.386. The number of rotatable bonds is 5. The summed E-state index contributed by atoms with van der Waals surface area (Å²) in [5.41, 5.74) is 5.97. The lowest BCUT2D eigenvalue weighted by Gasteiger charge is -2.30. The standard InChI is InChI=1S/C13H17FN4O/c1-18-12(16-9-17-18)6-13(7-15,8-19)10-2-4-11(14)5-3-10/h2-5,9,19H,6-8,15H2,1H3. The van der Waals surface area contributed by atoms with Gasteiger partial charge in [-0.2, -0.15) is 5.10 Å². The summed E-state index contributed by atoms with van der Waals surface area (Å²) in [4.78, 5) is 4.15. The van der Waals surface area contributed by atoms with Crippen molar-refractivity contribution in [1.82, 2.24) is 14.8 Å². The van der Waals surface area contributed by atoms with Crippen LogP contribution >= 0.6 is 0 Å². The number of aliphatic hydroxyl groups is 1. The second kappa shape index (κ2) is 5.46. The van der Waals surface area contributed by atoms with Crippen LogP contribution in [0, 0.1) is 5.82 Å². The first-order valence-electron chi connectivity index (χ1n) is 6.01. The van der Waals surface area contributed by atoms with Crippen molar-refractivity contribution in [2.75, 3.05) is 13.2 Å². The number of aryl methyl sites for hydroxylation is 1. The zero-order valence-corrected chi connectivity index (χ0v) is 10.8. The van der Waals surface area contributed by atoms with Crippen molar-refractivity contribution in [2.45, 2.75) is 11.8 Å². The molecule has 0 aliphatic rings. The molecule has 2 rings (SSSR count). The number of hydrogen-bond acceptors (Lipinski definition) is 4. The Balaban J connectivity index is 2.37. The van der Waals surface area contributed by atoms with Crippen molar-refractivity contribution < 1.29 is 9.50 Å². The average Bonchev–Trinajstić information content (AvgIpc) is 2.82. The summed E-state index contributed by atoms with van der Waals surface area (Å²) in [6.45, 7) is 0.101. The fraction of sp³-hybridized carbons (Fsp3) is 0.385. The van der Waals surface area contributed by atoms with Gasteiger partial charge in [-0.3, -0.25) is 4.68 Å². The van der Waals surface area contributed by atoms with Gasteiger partial charge in [-0.05, 0) is 17.7 Å². The van der Waals surface area contributed by atoms with Gasteiger partial charge < -0.3 is 10.8 Å². The highest BCUT2D eigenvalue weighted by molar-refractivity contribution is 5.28. The Morgan fingerprint density at radius 1 is 1.37 bits per heavy atom. The molecule has 2 aromatic rings. The van der Waals surface area contributed by atoms with E-state index in [1.54, 1.807) is 23.9 Å². The molecule has 0 aliphatic carbocycles. The lowest BCUT2D eigenvalue weighted by atomic mass is 9.78. The number of aromatic nitrogens is 3. The lowest BCUT2D eigenvalue weighted by molar-refractivity contribution is 0.193. The first kappa shape index (κ1) is 13.6. The molecular weight excluding hydrogens is 247 g/mol. The number of halogens is 1. The minimum atomic E-state index is -0.672. The Labute approximate surface area is 110 Å². The molecule has 1 heterocycles. The maximum atomic E-state index is 13.0. The summed E-state index contributed by atoms with van der Waals surface area (Å²) in [6.07, 6.45) is 1.90. The highest BCUT2D eigenvalue weighted by Crippen LogP contribution is 2.26. The number of nitrogens with two attached hydrogens (primary N) is 1. The van der Waals surface area contributed by atoms with Crippen molar-refractivity contribution in [3.05, 3.63) is 47.8 Å². The summed E-state index contributed by atoms with van der Waals surface area (Å²) in [5.74, 6) is 0.412. The van der Waals surface area contributed by atoms with E-state index < -0.39 is 5.41 Å². The number of benzene rings is 1. The molecule has 102 valence electrons. The number of aliphatic hydroxyl groups excluding tert-OH is 1. The zero-order chi connectivity index (χ0) is 13.9. The predicted molar refractivity (Wildman–Crippen MR) is 68.9 cm³/mol. The maximum absolute atomic E-state index is 13.0. The summed E-state index contributed by atoms with van der Waals surface area (Å²) in [6, 6.07) is 6.03. The van der Waals surface area contributed by atoms with Gasteiger partial charge in [0.15, 0.2) is 0 Å². The smallest absolute Gasteiger partial charge is 0.138 e. The van der Waals surface area contributed by atoms with Gasteiger partial charge >= 0.3 is 0 Å². The van der Waals surface area contributed by atoms with Crippen molar-refractivity contribution >= 4 is 0 Å². The monoisotopic (exact) mass is 264 g/mol. The molecule has 0 bridgehead atoms. The third-order valence-corrected chi connectivity index (χ3v) is 3.45. The molecule has 1 atom stereocenters. The van der Waals surface area contributed by atoms with Gasteiger partial charge in [0, 0.05) is 25.4 Å². The van der Waals surface area contributed by atoms with E-state index in [4.69, 9.17) is 5.73 Å². The Kier molecular flexibility index (Phi) is 3.92. The molecule has 6 heteroatoms. The van der Waals surface area contributed by atoms with Crippen LogP contribution in [0.5, 0.6) is 0 Å². The van der Waals surface area contributed by atoms with E-state index >= 15 is 0 Å². The first-order chi connectivity index (χ1) is 9.11. The molecule has 0 radical (unpaired) electrons. The van der Waals surface area contributed by atoms with Crippen LogP contribution in [-0.4, -0.2) is 33.0 Å². The summed E-state index contributed by atoms with van der Waals surface area (Å²) >= 11 is 0. The lowest BCUT2D eigenvalue weighted by Crippen LogP contribution is -2.41. The van der Waals surface area contributed by atoms with Gasteiger partial charge in [-0.15, -0.1) is 0 Å². The largest absolute Gasteiger partial charge is 0.395 e. The highest BCUT2D eigenvalue weighted by Gasteiger charge is 2.32. The summed E-state index contributed by atoms with van der Waals surface area (Å²) in [5, 5.41) is 13.8. The molecule has 5 nitrogen and oxygen atoms in total. The van der Waals surface area contributed by atoms with E-state index in [1.807, 2.05) is 0 Å².